The number of guanidine groups is 1. The van der Waals surface area contributed by atoms with E-state index in [4.69, 9.17) is 22.9 Å². The molecule has 36 nitrogen and oxygen atoms in total. The molecule has 1 aliphatic heterocycles. The third-order valence-electron chi connectivity index (χ3n) is 16.0. The second kappa shape index (κ2) is 42.7. The molecule has 1 aromatic carbocycles. The number of amides is 11. The van der Waals surface area contributed by atoms with E-state index in [-0.39, 0.29) is 75.8 Å². The number of hydrogen-bond acceptors (Lipinski definition) is 21. The molecular weight excluding hydrogens is 1310 g/mol. The number of carbonyl (C=O) groups excluding carboxylic acids is 11. The van der Waals surface area contributed by atoms with E-state index in [0.29, 0.717) is 24.8 Å². The number of aliphatic hydroxyl groups is 2. The van der Waals surface area contributed by atoms with Crippen LogP contribution in [0.2, 0.25) is 0 Å². The average Bonchev–Trinajstić information content (AvgIpc) is 1.58. The van der Waals surface area contributed by atoms with E-state index in [1.54, 1.807) is 20.8 Å². The number of unbranched alkanes of at least 4 members (excludes halogenated alkanes) is 1. The van der Waals surface area contributed by atoms with Gasteiger partial charge in [-0.2, -0.15) is 12.6 Å². The molecule has 24 N–H and O–H groups in total. The summed E-state index contributed by atoms with van der Waals surface area (Å²) in [6, 6.07) is -13.2. The van der Waals surface area contributed by atoms with Crippen molar-refractivity contribution < 1.29 is 97.8 Å². The molecule has 1 aromatic rings. The summed E-state index contributed by atoms with van der Waals surface area (Å²) < 4.78 is 0. The summed E-state index contributed by atoms with van der Waals surface area (Å²) in [4.78, 5) is 194. The van der Waals surface area contributed by atoms with Gasteiger partial charge >= 0.3 is 17.9 Å². The second-order valence-corrected chi connectivity index (χ2v) is 24.9. The van der Waals surface area contributed by atoms with Gasteiger partial charge in [0.25, 0.3) is 0 Å². The van der Waals surface area contributed by atoms with E-state index in [1.807, 2.05) is 6.92 Å². The van der Waals surface area contributed by atoms with Gasteiger partial charge in [0.1, 0.15) is 72.2 Å². The molecule has 0 aromatic heterocycles. The molecule has 0 spiro atoms. The van der Waals surface area contributed by atoms with Crippen LogP contribution in [-0.4, -0.2) is 235 Å². The molecule has 1 saturated heterocycles. The molecule has 14 atom stereocenters. The van der Waals surface area contributed by atoms with Gasteiger partial charge in [-0.15, -0.1) is 0 Å². The number of carboxylic acid groups (broad SMARTS) is 3. The zero-order valence-electron chi connectivity index (χ0n) is 56.1. The Kier molecular flexibility index (Phi) is 37.1. The van der Waals surface area contributed by atoms with Crippen LogP contribution in [0.4, 0.5) is 0 Å². The number of likely N-dealkylation sites (tertiary alicyclic amines) is 1. The predicted octanol–water partition coefficient (Wildman–Crippen LogP) is -5.63. The monoisotopic (exact) mass is 1410 g/mol. The molecule has 0 unspecified atom stereocenters. The van der Waals surface area contributed by atoms with Gasteiger partial charge in [0.05, 0.1) is 25.2 Å². The Bertz CT molecular complexity index is 2940. The fourth-order valence-corrected chi connectivity index (χ4v) is 10.3. The van der Waals surface area contributed by atoms with Crippen molar-refractivity contribution in [1.29, 1.82) is 0 Å². The summed E-state index contributed by atoms with van der Waals surface area (Å²) in [6.45, 7) is 9.78. The fourth-order valence-electron chi connectivity index (χ4n) is 10.0. The number of carboxylic acids is 3. The number of phenolic OH excluding ortho intramolecular Hbond substituents is 1. The first-order chi connectivity index (χ1) is 46.0. The summed E-state index contributed by atoms with van der Waals surface area (Å²) in [5, 5.41) is 84.3. The molecule has 1 aliphatic rings. The second-order valence-electron chi connectivity index (χ2n) is 24.6. The number of benzene rings is 1. The van der Waals surface area contributed by atoms with Crippen molar-refractivity contribution in [2.24, 2.45) is 45.7 Å². The number of carbonyl (C=O) groups is 14. The van der Waals surface area contributed by atoms with Crippen molar-refractivity contribution in [3.8, 4) is 5.75 Å². The Morgan fingerprint density at radius 1 is 0.592 bits per heavy atom. The number of phenols is 1. The Labute approximate surface area is 572 Å². The van der Waals surface area contributed by atoms with Crippen LogP contribution in [0.15, 0.2) is 29.3 Å². The number of aliphatic imine (C=N–C) groups is 1. The number of thiol groups is 1. The van der Waals surface area contributed by atoms with Crippen LogP contribution in [0, 0.1) is 17.8 Å². The first-order valence-electron chi connectivity index (χ1n) is 32.2. The Hall–Kier alpha value is -8.94. The minimum atomic E-state index is -1.85. The van der Waals surface area contributed by atoms with Crippen molar-refractivity contribution in [2.45, 2.75) is 204 Å². The smallest absolute Gasteiger partial charge is 0.326 e. The summed E-state index contributed by atoms with van der Waals surface area (Å²) in [7, 11) is 0. The van der Waals surface area contributed by atoms with Gasteiger partial charge in [0, 0.05) is 31.7 Å². The lowest BCUT2D eigenvalue weighted by atomic mass is 9.97. The average molecular weight is 1410 g/mol. The molecule has 0 aliphatic carbocycles. The van der Waals surface area contributed by atoms with Gasteiger partial charge in [0.2, 0.25) is 65.0 Å². The summed E-state index contributed by atoms with van der Waals surface area (Å²) in [6.07, 6.45) is -3.06. The number of aliphatic carboxylic acids is 3. The van der Waals surface area contributed by atoms with E-state index in [9.17, 15) is 97.8 Å². The highest BCUT2D eigenvalue weighted by atomic mass is 32.1. The van der Waals surface area contributed by atoms with Gasteiger partial charge in [-0.05, 0) is 100 Å². The number of aromatic hydroxyl groups is 1. The molecule has 0 saturated carbocycles. The van der Waals surface area contributed by atoms with Crippen LogP contribution >= 0.6 is 12.6 Å². The van der Waals surface area contributed by atoms with E-state index in [1.165, 1.54) is 38.1 Å². The van der Waals surface area contributed by atoms with Crippen molar-refractivity contribution in [2.75, 3.05) is 32.0 Å². The molecule has 1 heterocycles. The van der Waals surface area contributed by atoms with Gasteiger partial charge in [-0.1, -0.05) is 60.1 Å². The highest BCUT2D eigenvalue weighted by Gasteiger charge is 2.42. The van der Waals surface area contributed by atoms with Gasteiger partial charge in [0.15, 0.2) is 5.96 Å². The lowest BCUT2D eigenvalue weighted by molar-refractivity contribution is -0.144. The first-order valence-corrected chi connectivity index (χ1v) is 32.8. The lowest BCUT2D eigenvalue weighted by Crippen LogP contribution is -2.62. The number of nitrogens with zero attached hydrogens (tertiary/aromatic N) is 2. The standard InChI is InChI=1S/C61H100N16O20S/c1-8-31(6)45(63)55(91)75-47(30(4)5)56(92)71-39(26-44(83)84)50(86)73-41(28-98)53(89)70-38(25-33-16-18-34(80)19-17-33)51(87)74-46(29(2)3)57(93)72-40(27-78)52(88)68-36(14-11-23-66-61(64)65)59(95)77-24-12-15-42(77)54(90)76-48(32(7)79)58(94)67-35(20-21-43(81)82)49(85)69-37(60(96)97)13-9-10-22-62/h16-19,29-32,35-42,45-48,78-80,98H,8-15,20-28,62-63H2,1-7H3,(H,67,94)(H,68,88)(H,69,85)(H,70,89)(H,71,92)(H,72,93)(H,73,86)(H,74,87)(H,75,91)(H,76,90)(H,81,82)(H,83,84)(H,96,97)(H4,64,65,66)/t31-,32+,35-,36-,37-,38-,39-,40-,41-,42-,45-,46-,47-,48-/m0/s1. The van der Waals surface area contributed by atoms with Gasteiger partial charge in [-0.3, -0.25) is 67.3 Å². The third-order valence-corrected chi connectivity index (χ3v) is 16.4. The highest BCUT2D eigenvalue weighted by molar-refractivity contribution is 7.80. The molecule has 37 heteroatoms. The van der Waals surface area contributed by atoms with Crippen LogP contribution in [0.25, 0.3) is 0 Å². The molecule has 2 rings (SSSR count). The van der Waals surface area contributed by atoms with Crippen molar-refractivity contribution in [3.05, 3.63) is 29.8 Å². The number of nitrogens with two attached hydrogens (primary N) is 4. The van der Waals surface area contributed by atoms with Crippen molar-refractivity contribution >= 4 is 101 Å². The Balaban J connectivity index is 2.44. The minimum absolute atomic E-state index is 0.0149. The number of hydrogen-bond donors (Lipinski definition) is 21. The lowest BCUT2D eigenvalue weighted by Gasteiger charge is -2.31. The topological polar surface area (TPSA) is 600 Å². The summed E-state index contributed by atoms with van der Waals surface area (Å²) >= 11 is 4.21. The van der Waals surface area contributed by atoms with Crippen LogP contribution < -0.4 is 76.1 Å². The molecular formula is C61H100N16O20S. The Morgan fingerprint density at radius 3 is 1.60 bits per heavy atom. The first kappa shape index (κ1) is 85.1. The highest BCUT2D eigenvalue weighted by Crippen LogP contribution is 2.21. The zero-order chi connectivity index (χ0) is 74.3. The van der Waals surface area contributed by atoms with Crippen LogP contribution in [0.3, 0.4) is 0 Å². The zero-order valence-corrected chi connectivity index (χ0v) is 57.0. The van der Waals surface area contributed by atoms with Crippen LogP contribution in [0.1, 0.15) is 125 Å². The maximum absolute atomic E-state index is 14.6. The molecule has 0 radical (unpaired) electrons. The fraction of sp³-hybridized carbons (Fsp3) is 0.656. The summed E-state index contributed by atoms with van der Waals surface area (Å²) in [5.74, 6) is -18.2. The maximum atomic E-state index is 14.6. The van der Waals surface area contributed by atoms with E-state index in [2.05, 4.69) is 70.8 Å². The molecule has 11 amide bonds. The number of aliphatic hydroxyl groups excluding tert-OH is 2. The maximum Gasteiger partial charge on any atom is 0.326 e. The number of nitrogens with one attached hydrogen (secondary N) is 10. The quantitative estimate of drug-likeness (QED) is 0.0125. The van der Waals surface area contributed by atoms with Gasteiger partial charge < -0.3 is 112 Å². The normalized spacial score (nSPS) is 16.8. The van der Waals surface area contributed by atoms with Crippen molar-refractivity contribution in [3.63, 3.8) is 0 Å². The van der Waals surface area contributed by atoms with E-state index < -0.39 is 205 Å². The molecule has 0 bridgehead atoms. The predicted molar refractivity (Wildman–Crippen MR) is 355 cm³/mol. The van der Waals surface area contributed by atoms with E-state index in [0.717, 1.165) is 11.8 Å². The SMILES string of the molecule is CC[C@H](C)[C@H](N)C(=O)N[C@H](C(=O)N[C@@H](CC(=O)O)C(=O)N[C@@H](CS)C(=O)N[C@@H](Cc1ccc(O)cc1)C(=O)N[C@H](C(=O)N[C@@H](CO)C(=O)N[C@@H](CCCN=C(N)N)C(=O)N1CCC[C@H]1C(=O)N[C@H](C(=O)N[C@@H](CCC(=O)O)C(=O)N[C@@H](CCCCN)C(=O)O)[C@@H](C)O)C(C)C)C(C)C. The molecule has 98 heavy (non-hydrogen) atoms. The van der Waals surface area contributed by atoms with E-state index >= 15 is 0 Å². The van der Waals surface area contributed by atoms with Crippen LogP contribution in [0.5, 0.6) is 5.75 Å². The molecule has 1 fully saturated rings. The minimum Gasteiger partial charge on any atom is -0.508 e. The van der Waals surface area contributed by atoms with Crippen molar-refractivity contribution in [1.82, 2.24) is 58.1 Å². The summed E-state index contributed by atoms with van der Waals surface area (Å²) in [5.41, 5.74) is 23.0. The third kappa shape index (κ3) is 28.6. The number of rotatable bonds is 44. The molecule has 550 valence electrons. The van der Waals surface area contributed by atoms with Crippen LogP contribution in [-0.2, 0) is 73.5 Å². The Morgan fingerprint density at radius 2 is 1.08 bits per heavy atom. The largest absolute Gasteiger partial charge is 0.508 e. The van der Waals surface area contributed by atoms with Gasteiger partial charge in [-0.25, -0.2) is 4.79 Å².